The molecule has 1 aliphatic heterocycles. The number of amides is 1. The molecular formula is C18H18N2O4. The highest BCUT2D eigenvalue weighted by molar-refractivity contribution is 5.98. The van der Waals surface area contributed by atoms with Crippen molar-refractivity contribution in [3.05, 3.63) is 53.9 Å². The van der Waals surface area contributed by atoms with Gasteiger partial charge in [0.15, 0.2) is 17.3 Å². The average molecular weight is 326 g/mol. The molecule has 6 nitrogen and oxygen atoms in total. The van der Waals surface area contributed by atoms with Gasteiger partial charge in [-0.25, -0.2) is 0 Å². The SMILES string of the molecule is O=C(CCC(=O)c1ccc2c(c1)OCCO2)NCc1ccccn1. The molecule has 0 bridgehead atoms. The second-order valence-electron chi connectivity index (χ2n) is 5.38. The third-order valence-corrected chi connectivity index (χ3v) is 3.64. The summed E-state index contributed by atoms with van der Waals surface area (Å²) in [5.74, 6) is 0.948. The van der Waals surface area contributed by atoms with E-state index in [1.807, 2.05) is 18.2 Å². The van der Waals surface area contributed by atoms with Gasteiger partial charge in [0.25, 0.3) is 0 Å². The van der Waals surface area contributed by atoms with Crippen LogP contribution in [0.2, 0.25) is 0 Å². The maximum Gasteiger partial charge on any atom is 0.220 e. The lowest BCUT2D eigenvalue weighted by atomic mass is 10.1. The zero-order valence-corrected chi connectivity index (χ0v) is 13.2. The van der Waals surface area contributed by atoms with Crippen LogP contribution in [0.5, 0.6) is 11.5 Å². The van der Waals surface area contributed by atoms with Crippen molar-refractivity contribution in [3.8, 4) is 11.5 Å². The Bertz CT molecular complexity index is 731. The normalized spacial score (nSPS) is 12.5. The number of Topliss-reactive ketones (excluding diaryl/α,β-unsaturated/α-hetero) is 1. The van der Waals surface area contributed by atoms with Gasteiger partial charge in [-0.05, 0) is 30.3 Å². The molecule has 0 aliphatic carbocycles. The monoisotopic (exact) mass is 326 g/mol. The first-order chi connectivity index (χ1) is 11.7. The van der Waals surface area contributed by atoms with Gasteiger partial charge in [0, 0.05) is 24.6 Å². The van der Waals surface area contributed by atoms with Crippen LogP contribution >= 0.6 is 0 Å². The smallest absolute Gasteiger partial charge is 0.220 e. The molecule has 0 atom stereocenters. The fraction of sp³-hybridized carbons (Fsp3) is 0.278. The Balaban J connectivity index is 1.49. The van der Waals surface area contributed by atoms with Crippen LogP contribution in [-0.2, 0) is 11.3 Å². The molecule has 0 saturated heterocycles. The van der Waals surface area contributed by atoms with Crippen molar-refractivity contribution in [3.63, 3.8) is 0 Å². The molecule has 1 aliphatic rings. The third kappa shape index (κ3) is 4.10. The van der Waals surface area contributed by atoms with Gasteiger partial charge in [-0.2, -0.15) is 0 Å². The molecular weight excluding hydrogens is 308 g/mol. The average Bonchev–Trinajstić information content (AvgIpc) is 2.65. The lowest BCUT2D eigenvalue weighted by molar-refractivity contribution is -0.121. The van der Waals surface area contributed by atoms with Crippen molar-refractivity contribution in [1.29, 1.82) is 0 Å². The number of ketones is 1. The van der Waals surface area contributed by atoms with Gasteiger partial charge in [-0.1, -0.05) is 6.07 Å². The first kappa shape index (κ1) is 16.0. The molecule has 124 valence electrons. The van der Waals surface area contributed by atoms with Crippen LogP contribution in [0.3, 0.4) is 0 Å². The maximum atomic E-state index is 12.2. The number of pyridine rings is 1. The largest absolute Gasteiger partial charge is 0.486 e. The van der Waals surface area contributed by atoms with Crippen molar-refractivity contribution in [2.45, 2.75) is 19.4 Å². The van der Waals surface area contributed by atoms with Crippen LogP contribution < -0.4 is 14.8 Å². The second-order valence-corrected chi connectivity index (χ2v) is 5.38. The number of hydrogen-bond donors (Lipinski definition) is 1. The van der Waals surface area contributed by atoms with Gasteiger partial charge >= 0.3 is 0 Å². The van der Waals surface area contributed by atoms with Gasteiger partial charge in [-0.3, -0.25) is 14.6 Å². The minimum Gasteiger partial charge on any atom is -0.486 e. The summed E-state index contributed by atoms with van der Waals surface area (Å²) < 4.78 is 10.9. The Labute approximate surface area is 139 Å². The number of ether oxygens (including phenoxy) is 2. The molecule has 0 fully saturated rings. The Hall–Kier alpha value is -2.89. The molecule has 6 heteroatoms. The predicted octanol–water partition coefficient (Wildman–Crippen LogP) is 2.13. The van der Waals surface area contributed by atoms with Crippen molar-refractivity contribution in [2.24, 2.45) is 0 Å². The molecule has 1 aromatic heterocycles. The maximum absolute atomic E-state index is 12.2. The van der Waals surface area contributed by atoms with E-state index < -0.39 is 0 Å². The van der Waals surface area contributed by atoms with Gasteiger partial charge in [0.2, 0.25) is 5.91 Å². The Kier molecular flexibility index (Phi) is 5.05. The standard InChI is InChI=1S/C18H18N2O4/c21-15(13-4-6-16-17(11-13)24-10-9-23-16)5-7-18(22)20-12-14-3-1-2-8-19-14/h1-4,6,8,11H,5,7,9-10,12H2,(H,20,22). The number of rotatable bonds is 6. The fourth-order valence-corrected chi connectivity index (χ4v) is 2.37. The van der Waals surface area contributed by atoms with Crippen molar-refractivity contribution in [2.75, 3.05) is 13.2 Å². The Morgan fingerprint density at radius 3 is 2.67 bits per heavy atom. The number of aromatic nitrogens is 1. The zero-order valence-electron chi connectivity index (χ0n) is 13.2. The number of carbonyl (C=O) groups is 2. The Morgan fingerprint density at radius 1 is 1.04 bits per heavy atom. The topological polar surface area (TPSA) is 77.5 Å². The molecule has 3 rings (SSSR count). The summed E-state index contributed by atoms with van der Waals surface area (Å²) in [5, 5.41) is 2.76. The number of hydrogen-bond acceptors (Lipinski definition) is 5. The van der Waals surface area contributed by atoms with Crippen LogP contribution in [0.15, 0.2) is 42.6 Å². The molecule has 2 aromatic rings. The number of carbonyl (C=O) groups excluding carboxylic acids is 2. The molecule has 0 spiro atoms. The molecule has 1 aromatic carbocycles. The van der Waals surface area contributed by atoms with Crippen LogP contribution in [0.1, 0.15) is 28.9 Å². The van der Waals surface area contributed by atoms with Crippen molar-refractivity contribution >= 4 is 11.7 Å². The highest BCUT2D eigenvalue weighted by atomic mass is 16.6. The highest BCUT2D eigenvalue weighted by Gasteiger charge is 2.15. The third-order valence-electron chi connectivity index (χ3n) is 3.64. The minimum absolute atomic E-state index is 0.0973. The van der Waals surface area contributed by atoms with E-state index in [0.717, 1.165) is 5.69 Å². The van der Waals surface area contributed by atoms with E-state index in [-0.39, 0.29) is 24.5 Å². The highest BCUT2D eigenvalue weighted by Crippen LogP contribution is 2.31. The lowest BCUT2D eigenvalue weighted by Crippen LogP contribution is -2.23. The predicted molar refractivity (Wildman–Crippen MR) is 87.1 cm³/mol. The van der Waals surface area contributed by atoms with E-state index in [1.165, 1.54) is 0 Å². The summed E-state index contributed by atoms with van der Waals surface area (Å²) in [7, 11) is 0. The number of benzene rings is 1. The van der Waals surface area contributed by atoms with Crippen LogP contribution in [0.4, 0.5) is 0 Å². The first-order valence-electron chi connectivity index (χ1n) is 7.82. The van der Waals surface area contributed by atoms with Crippen LogP contribution in [-0.4, -0.2) is 29.9 Å². The number of fused-ring (bicyclic) bond motifs is 1. The summed E-state index contributed by atoms with van der Waals surface area (Å²) in [5.41, 5.74) is 1.31. The number of nitrogens with one attached hydrogen (secondary N) is 1. The first-order valence-corrected chi connectivity index (χ1v) is 7.82. The zero-order chi connectivity index (χ0) is 16.8. The molecule has 2 heterocycles. The molecule has 1 amide bonds. The molecule has 1 N–H and O–H groups in total. The summed E-state index contributed by atoms with van der Waals surface area (Å²) >= 11 is 0. The van der Waals surface area contributed by atoms with E-state index in [2.05, 4.69) is 10.3 Å². The summed E-state index contributed by atoms with van der Waals surface area (Å²) in [6.45, 7) is 1.34. The Morgan fingerprint density at radius 2 is 1.88 bits per heavy atom. The molecule has 0 unspecified atom stereocenters. The quantitative estimate of drug-likeness (QED) is 0.823. The fourth-order valence-electron chi connectivity index (χ4n) is 2.37. The van der Waals surface area contributed by atoms with Gasteiger partial charge < -0.3 is 14.8 Å². The summed E-state index contributed by atoms with van der Waals surface area (Å²) in [4.78, 5) is 28.2. The lowest BCUT2D eigenvalue weighted by Gasteiger charge is -2.18. The van der Waals surface area contributed by atoms with Crippen LogP contribution in [0, 0.1) is 0 Å². The minimum atomic E-state index is -0.174. The molecule has 24 heavy (non-hydrogen) atoms. The van der Waals surface area contributed by atoms with E-state index in [0.29, 0.717) is 36.8 Å². The van der Waals surface area contributed by atoms with E-state index in [4.69, 9.17) is 9.47 Å². The van der Waals surface area contributed by atoms with Gasteiger partial charge in [0.05, 0.1) is 12.2 Å². The van der Waals surface area contributed by atoms with Gasteiger partial charge in [-0.15, -0.1) is 0 Å². The molecule has 0 radical (unpaired) electrons. The second kappa shape index (κ2) is 7.59. The summed E-state index contributed by atoms with van der Waals surface area (Å²) in [6.07, 6.45) is 1.96. The van der Waals surface area contributed by atoms with E-state index >= 15 is 0 Å². The van der Waals surface area contributed by atoms with Crippen LogP contribution in [0.25, 0.3) is 0 Å². The molecule has 0 saturated carbocycles. The number of nitrogens with zero attached hydrogens (tertiary/aromatic N) is 1. The van der Waals surface area contributed by atoms with E-state index in [1.54, 1.807) is 24.4 Å². The van der Waals surface area contributed by atoms with Gasteiger partial charge in [0.1, 0.15) is 13.2 Å². The van der Waals surface area contributed by atoms with Crippen molar-refractivity contribution < 1.29 is 19.1 Å². The summed E-state index contributed by atoms with van der Waals surface area (Å²) in [6, 6.07) is 10.6. The van der Waals surface area contributed by atoms with Crippen molar-refractivity contribution in [1.82, 2.24) is 10.3 Å². The van der Waals surface area contributed by atoms with E-state index in [9.17, 15) is 9.59 Å².